The Morgan fingerprint density at radius 1 is 1.04 bits per heavy atom. The number of anilines is 1. The fourth-order valence-corrected chi connectivity index (χ4v) is 2.62. The first-order valence-corrected chi connectivity index (χ1v) is 7.70. The fourth-order valence-electron chi connectivity index (χ4n) is 2.62. The molecule has 0 saturated heterocycles. The lowest BCUT2D eigenvalue weighted by molar-refractivity contribution is -0.141. The zero-order valence-electron chi connectivity index (χ0n) is 14.1. The van der Waals surface area contributed by atoms with Crippen LogP contribution in [0, 0.1) is 13.8 Å². The summed E-state index contributed by atoms with van der Waals surface area (Å²) < 4.78 is 4.93. The zero-order valence-corrected chi connectivity index (χ0v) is 14.1. The maximum absolute atomic E-state index is 12.1. The van der Waals surface area contributed by atoms with Gasteiger partial charge in [0.05, 0.1) is 7.11 Å². The number of ether oxygens (including phenoxy) is 1. The van der Waals surface area contributed by atoms with Gasteiger partial charge in [-0.2, -0.15) is 0 Å². The Bertz CT molecular complexity index is 672. The summed E-state index contributed by atoms with van der Waals surface area (Å²) >= 11 is 0. The van der Waals surface area contributed by atoms with Gasteiger partial charge in [0.15, 0.2) is 0 Å². The molecule has 0 bridgehead atoms. The van der Waals surface area contributed by atoms with Crippen molar-refractivity contribution < 1.29 is 9.53 Å². The molecule has 0 radical (unpaired) electrons. The van der Waals surface area contributed by atoms with Crippen molar-refractivity contribution in [2.75, 3.05) is 12.0 Å². The fraction of sp³-hybridized carbons (Fsp3) is 0.250. The maximum Gasteiger partial charge on any atom is 0.328 e. The van der Waals surface area contributed by atoms with E-state index in [1.807, 2.05) is 60.5 Å². The van der Waals surface area contributed by atoms with Crippen LogP contribution in [0.3, 0.4) is 0 Å². The van der Waals surface area contributed by atoms with Crippen molar-refractivity contribution in [2.45, 2.75) is 26.8 Å². The molecule has 0 spiro atoms. The Labute approximate surface area is 138 Å². The topological polar surface area (TPSA) is 29.5 Å². The average molecular weight is 309 g/mol. The molecule has 0 aromatic heterocycles. The van der Waals surface area contributed by atoms with E-state index in [9.17, 15) is 4.79 Å². The van der Waals surface area contributed by atoms with Crippen molar-refractivity contribution in [3.63, 3.8) is 0 Å². The molecule has 120 valence electrons. The van der Waals surface area contributed by atoms with E-state index in [1.54, 1.807) is 0 Å². The normalized spacial score (nSPS) is 12.2. The lowest BCUT2D eigenvalue weighted by Gasteiger charge is -2.29. The summed E-state index contributed by atoms with van der Waals surface area (Å²) in [6.45, 7) is 5.96. The minimum absolute atomic E-state index is 0.259. The number of aryl methyl sites for hydroxylation is 2. The Kier molecular flexibility index (Phi) is 5.58. The van der Waals surface area contributed by atoms with Crippen LogP contribution in [0.2, 0.25) is 0 Å². The third-order valence-electron chi connectivity index (χ3n) is 3.88. The average Bonchev–Trinajstić information content (AvgIpc) is 2.57. The van der Waals surface area contributed by atoms with Crippen molar-refractivity contribution in [1.29, 1.82) is 0 Å². The van der Waals surface area contributed by atoms with Gasteiger partial charge in [-0.25, -0.2) is 4.79 Å². The summed E-state index contributed by atoms with van der Waals surface area (Å²) in [6.07, 6.45) is 3.96. The molecular weight excluding hydrogens is 286 g/mol. The smallest absolute Gasteiger partial charge is 0.328 e. The number of carbonyl (C=O) groups excluding carboxylic acids is 1. The van der Waals surface area contributed by atoms with E-state index in [-0.39, 0.29) is 5.97 Å². The van der Waals surface area contributed by atoms with Crippen LogP contribution in [0.4, 0.5) is 5.69 Å². The zero-order chi connectivity index (χ0) is 16.8. The van der Waals surface area contributed by atoms with E-state index in [0.29, 0.717) is 0 Å². The molecule has 0 heterocycles. The first-order chi connectivity index (χ1) is 11.0. The first kappa shape index (κ1) is 16.8. The van der Waals surface area contributed by atoms with Gasteiger partial charge < -0.3 is 9.64 Å². The summed E-state index contributed by atoms with van der Waals surface area (Å²) in [7, 11) is 1.42. The van der Waals surface area contributed by atoms with E-state index in [0.717, 1.165) is 22.4 Å². The highest BCUT2D eigenvalue weighted by molar-refractivity contribution is 5.82. The first-order valence-electron chi connectivity index (χ1n) is 7.70. The molecule has 0 aliphatic carbocycles. The van der Waals surface area contributed by atoms with Gasteiger partial charge in [-0.1, -0.05) is 48.5 Å². The molecule has 3 heteroatoms. The molecule has 0 aliphatic heterocycles. The second kappa shape index (κ2) is 7.63. The highest BCUT2D eigenvalue weighted by Crippen LogP contribution is 2.27. The summed E-state index contributed by atoms with van der Waals surface area (Å²) in [5.41, 5.74) is 4.37. The molecule has 0 fully saturated rings. The van der Waals surface area contributed by atoms with Gasteiger partial charge in [-0.3, -0.25) is 0 Å². The molecule has 3 nitrogen and oxygen atoms in total. The largest absolute Gasteiger partial charge is 0.467 e. The number of nitrogens with zero attached hydrogens (tertiary/aromatic N) is 1. The van der Waals surface area contributed by atoms with E-state index in [2.05, 4.69) is 26.0 Å². The lowest BCUT2D eigenvalue weighted by Crippen LogP contribution is -2.36. The van der Waals surface area contributed by atoms with Crippen LogP contribution in [0.25, 0.3) is 6.08 Å². The Hall–Kier alpha value is -2.55. The molecule has 2 aromatic rings. The summed E-state index contributed by atoms with van der Waals surface area (Å²) in [6, 6.07) is 15.8. The molecular formula is C20H23NO2. The van der Waals surface area contributed by atoms with Gasteiger partial charge in [0.2, 0.25) is 0 Å². The van der Waals surface area contributed by atoms with Crippen LogP contribution in [0.1, 0.15) is 23.6 Å². The highest BCUT2D eigenvalue weighted by Gasteiger charge is 2.23. The molecule has 2 aromatic carbocycles. The van der Waals surface area contributed by atoms with Crippen LogP contribution >= 0.6 is 0 Å². The number of hydrogen-bond acceptors (Lipinski definition) is 3. The second-order valence-corrected chi connectivity index (χ2v) is 5.57. The summed E-state index contributed by atoms with van der Waals surface area (Å²) in [5, 5.41) is 0. The number of methoxy groups -OCH3 is 1. The maximum atomic E-state index is 12.1. The van der Waals surface area contributed by atoms with E-state index >= 15 is 0 Å². The van der Waals surface area contributed by atoms with Crippen LogP contribution < -0.4 is 4.90 Å². The monoisotopic (exact) mass is 309 g/mol. The van der Waals surface area contributed by atoms with Gasteiger partial charge in [0.1, 0.15) is 6.04 Å². The van der Waals surface area contributed by atoms with Gasteiger partial charge in [0, 0.05) is 11.9 Å². The van der Waals surface area contributed by atoms with E-state index in [1.165, 1.54) is 7.11 Å². The van der Waals surface area contributed by atoms with Gasteiger partial charge >= 0.3 is 5.97 Å². The van der Waals surface area contributed by atoms with Gasteiger partial charge in [-0.05, 0) is 43.5 Å². The molecule has 0 saturated carbocycles. The minimum atomic E-state index is -0.403. The molecule has 0 aliphatic rings. The summed E-state index contributed by atoms with van der Waals surface area (Å²) in [5.74, 6) is -0.259. The van der Waals surface area contributed by atoms with E-state index < -0.39 is 6.04 Å². The number of rotatable bonds is 5. The molecule has 2 rings (SSSR count). The number of hydrogen-bond donors (Lipinski definition) is 0. The van der Waals surface area contributed by atoms with Gasteiger partial charge in [0.25, 0.3) is 0 Å². The third kappa shape index (κ3) is 4.01. The second-order valence-electron chi connectivity index (χ2n) is 5.57. The minimum Gasteiger partial charge on any atom is -0.467 e. The molecule has 0 amide bonds. The predicted octanol–water partition coefficient (Wildman–Crippen LogP) is 4.34. The SMILES string of the molecule is COC(=O)[C@@H](C)N(C=Cc1ccccc1)c1c(C)cccc1C. The lowest BCUT2D eigenvalue weighted by atomic mass is 10.1. The quantitative estimate of drug-likeness (QED) is 0.769. The highest BCUT2D eigenvalue weighted by atomic mass is 16.5. The molecule has 1 atom stereocenters. The van der Waals surface area contributed by atoms with Crippen molar-refractivity contribution in [3.8, 4) is 0 Å². The molecule has 0 unspecified atom stereocenters. The van der Waals surface area contributed by atoms with Crippen molar-refractivity contribution >= 4 is 17.7 Å². The van der Waals surface area contributed by atoms with Crippen LogP contribution in [0.15, 0.2) is 54.7 Å². The number of para-hydroxylation sites is 1. The molecule has 0 N–H and O–H groups in total. The Balaban J connectivity index is 2.44. The van der Waals surface area contributed by atoms with Crippen molar-refractivity contribution in [2.24, 2.45) is 0 Å². The standard InChI is InChI=1S/C20H23NO2/c1-15-9-8-10-16(2)19(15)21(17(3)20(22)23-4)14-13-18-11-6-5-7-12-18/h5-14,17H,1-4H3/t17-/m1/s1. The van der Waals surface area contributed by atoms with Crippen molar-refractivity contribution in [3.05, 3.63) is 71.4 Å². The van der Waals surface area contributed by atoms with Gasteiger partial charge in [-0.15, -0.1) is 0 Å². The van der Waals surface area contributed by atoms with Crippen LogP contribution in [-0.4, -0.2) is 19.1 Å². The Morgan fingerprint density at radius 3 is 2.22 bits per heavy atom. The molecule has 23 heavy (non-hydrogen) atoms. The predicted molar refractivity (Wildman–Crippen MR) is 95.3 cm³/mol. The number of benzene rings is 2. The summed E-state index contributed by atoms with van der Waals surface area (Å²) in [4.78, 5) is 14.0. The van der Waals surface area contributed by atoms with Crippen LogP contribution in [0.5, 0.6) is 0 Å². The Morgan fingerprint density at radius 2 is 1.65 bits per heavy atom. The third-order valence-corrected chi connectivity index (χ3v) is 3.88. The van der Waals surface area contributed by atoms with Crippen molar-refractivity contribution in [1.82, 2.24) is 0 Å². The van der Waals surface area contributed by atoms with Crippen LogP contribution in [-0.2, 0) is 9.53 Å². The number of carbonyl (C=O) groups is 1. The van der Waals surface area contributed by atoms with E-state index in [4.69, 9.17) is 4.74 Å². The number of esters is 1.